The van der Waals surface area contributed by atoms with Gasteiger partial charge in [-0.1, -0.05) is 6.92 Å². The summed E-state index contributed by atoms with van der Waals surface area (Å²) in [7, 11) is 0. The van der Waals surface area contributed by atoms with Crippen LogP contribution in [0.1, 0.15) is 178 Å². The summed E-state index contributed by atoms with van der Waals surface area (Å²) in [6.45, 7) is 12.3. The van der Waals surface area contributed by atoms with E-state index in [9.17, 15) is 149 Å². The van der Waals surface area contributed by atoms with Crippen molar-refractivity contribution in [2.45, 2.75) is 362 Å². The molecule has 24 N–H and O–H groups in total. The predicted molar refractivity (Wildman–Crippen MR) is 473 cm³/mol. The third-order valence-corrected chi connectivity index (χ3v) is 23.0. The Morgan fingerprint density at radius 3 is 0.652 bits per heavy atom. The van der Waals surface area contributed by atoms with E-state index in [0.29, 0.717) is 64.5 Å². The van der Waals surface area contributed by atoms with E-state index in [-0.39, 0.29) is 166 Å². The number of hydrogen-bond donors (Lipinski definition) is 24. The standard InChI is InChI=1S/C30H52N2O14.C29H51N3O14.C28H50N4O14/c1-4-31-21(35)11-5-6-12-22(36)32(15-19(33)9-7-13-43-29-27(41)25(39)23(37)17(2)45-29)16-20(34)10-8-14-44-30-28(42)26(40)24(38)18(3)46-30;1-4-7-18(33)8-5-6-9-21(36)32(14-19(34)30-10-12-43-28-26(41)24(39)22(37)16(2)45-28)15-20(35)31-11-13-44-29-27(42)25(40)23(38)17(3)46-29;1-4-29-17(33)7-5-6-8-20(36)32(13-18(34)30-9-11-43-27-25(41)23(39)21(37)15(2)45-27)14-19(35)31-10-12-44-28-26(42)24(40)22(38)16(3)46-28/h17-18,23-30,37-42H,4-16H2,1-3H3,(H,31,35);16-17,22-29,37-42H,4-15H2,1-3H3,(H,30,34)(H,31,35);15-16,21-28,37-42H,4-14H2,1-3H3,(H,29,33)(H,30,34)(H,31,35)/t17-,18-,23+,24+,25+,26+,27-,28-,29+,30+;16-,17-,22+,23+,24+,25+,26-,27-,28+,29+;15-,16-,21+,22+,23+,24+,25-,26-,27+,28+/m000/s1. The number of carbonyl (C=O) groups is 12. The number of rotatable bonds is 57. The SMILES string of the molecule is CCCC(=O)CCCCC(=O)N(CC(=O)NCCO[C@@H]1O[C@@H](C)[C@@H](O)[C@@H](O)[C@@H]1O)CC(=O)NCCO[C@@H]1O[C@@H](C)[C@@H](O)[C@@H](O)[C@@H]1O.CCNC(=O)CCCCC(=O)N(CC(=O)CCCO[C@@H]1O[C@@H](C)[C@@H](O)[C@@H](O)[C@@H]1O)CC(=O)CCCO[C@@H]1O[C@@H](C)[C@@H](O)[C@@H](O)[C@@H]1O.CCNC(=O)CCCCC(=O)N(CC(=O)NCCO[C@@H]1O[C@@H](C)[C@@H](O)[C@@H](O)[C@@H]1O)CC(=O)NCCO[C@@H]1O[C@@H](C)[C@@H](O)[C@@H](O)[C@@H]1O. The Labute approximate surface area is 800 Å². The van der Waals surface area contributed by atoms with Gasteiger partial charge < -0.3 is 195 Å². The van der Waals surface area contributed by atoms with Crippen LogP contribution in [-0.2, 0) is 114 Å². The van der Waals surface area contributed by atoms with Crippen molar-refractivity contribution in [1.29, 1.82) is 0 Å². The van der Waals surface area contributed by atoms with Crippen molar-refractivity contribution in [2.75, 3.05) is 118 Å². The number of ketones is 3. The van der Waals surface area contributed by atoms with E-state index < -0.39 is 252 Å². The average Bonchev–Trinajstić information content (AvgIpc) is 0.840. The molecule has 9 amide bonds. The van der Waals surface area contributed by atoms with Gasteiger partial charge in [0.1, 0.15) is 142 Å². The minimum Gasteiger partial charge on any atom is -0.388 e. The minimum atomic E-state index is -1.50. The molecule has 6 saturated heterocycles. The second-order valence-electron chi connectivity index (χ2n) is 34.6. The van der Waals surface area contributed by atoms with Crippen molar-refractivity contribution in [1.82, 2.24) is 46.6 Å². The Morgan fingerprint density at radius 2 is 0.428 bits per heavy atom. The van der Waals surface area contributed by atoms with Crippen LogP contribution >= 0.6 is 0 Å². The molecule has 6 rings (SSSR count). The van der Waals surface area contributed by atoms with Crippen molar-refractivity contribution in [3.63, 3.8) is 0 Å². The molecule has 0 unspecified atom stereocenters. The van der Waals surface area contributed by atoms with Crippen LogP contribution in [0.4, 0.5) is 0 Å². The maximum atomic E-state index is 13.0. The third kappa shape index (κ3) is 43.3. The number of amides is 9. The van der Waals surface area contributed by atoms with Gasteiger partial charge in [-0.05, 0) is 113 Å². The lowest BCUT2D eigenvalue weighted by molar-refractivity contribution is -0.293. The Hall–Kier alpha value is -6.96. The third-order valence-electron chi connectivity index (χ3n) is 23.0. The van der Waals surface area contributed by atoms with E-state index in [0.717, 1.165) is 16.2 Å². The fraction of sp³-hybridized carbons (Fsp3) is 0.862. The molecule has 6 fully saturated rings. The highest BCUT2D eigenvalue weighted by molar-refractivity contribution is 5.92. The molecular formula is C87H153N9O42. The van der Waals surface area contributed by atoms with Gasteiger partial charge in [0.05, 0.1) is 89.4 Å². The lowest BCUT2D eigenvalue weighted by atomic mass is 10.00. The molecule has 0 bridgehead atoms. The van der Waals surface area contributed by atoms with Gasteiger partial charge in [0.25, 0.3) is 0 Å². The van der Waals surface area contributed by atoms with Crippen LogP contribution in [0.2, 0.25) is 0 Å². The van der Waals surface area contributed by atoms with E-state index in [1.165, 1.54) is 46.4 Å². The van der Waals surface area contributed by atoms with Crippen LogP contribution < -0.4 is 31.9 Å². The number of nitrogens with one attached hydrogen (secondary N) is 6. The van der Waals surface area contributed by atoms with Crippen LogP contribution in [0, 0.1) is 0 Å². The smallest absolute Gasteiger partial charge is 0.239 e. The van der Waals surface area contributed by atoms with Crippen molar-refractivity contribution < 1.29 is 206 Å². The molecule has 0 saturated carbocycles. The van der Waals surface area contributed by atoms with Crippen LogP contribution in [0.15, 0.2) is 0 Å². The number of Topliss-reactive ketones (excluding diaryl/α,β-unsaturated/α-hetero) is 3. The summed E-state index contributed by atoms with van der Waals surface area (Å²) in [5, 5.41) is 194. The van der Waals surface area contributed by atoms with E-state index >= 15 is 0 Å². The molecule has 6 aliphatic rings. The van der Waals surface area contributed by atoms with Gasteiger partial charge in [-0.25, -0.2) is 0 Å². The van der Waals surface area contributed by atoms with E-state index in [4.69, 9.17) is 56.8 Å². The molecule has 0 radical (unpaired) electrons. The molecular weight excluding hydrogens is 1840 g/mol. The lowest BCUT2D eigenvalue weighted by Gasteiger charge is -2.38. The largest absolute Gasteiger partial charge is 0.388 e. The van der Waals surface area contributed by atoms with Crippen LogP contribution in [0.25, 0.3) is 0 Å². The zero-order valence-corrected chi connectivity index (χ0v) is 80.0. The topological polar surface area (TPSA) is 762 Å². The normalized spacial score (nSPS) is 31.2. The Bertz CT molecular complexity index is 3110. The summed E-state index contributed by atoms with van der Waals surface area (Å²) >= 11 is 0. The second-order valence-corrected chi connectivity index (χ2v) is 34.6. The highest BCUT2D eigenvalue weighted by Gasteiger charge is 2.48. The van der Waals surface area contributed by atoms with Gasteiger partial charge >= 0.3 is 0 Å². The number of nitrogens with zero attached hydrogens (tertiary/aromatic N) is 3. The molecule has 6 heterocycles. The first kappa shape index (κ1) is 123. The number of aliphatic hydroxyl groups excluding tert-OH is 18. The molecule has 0 aliphatic carbocycles. The molecule has 0 aromatic rings. The number of aliphatic hydroxyl groups is 18. The second kappa shape index (κ2) is 65.3. The maximum Gasteiger partial charge on any atom is 0.239 e. The Morgan fingerprint density at radius 1 is 0.225 bits per heavy atom. The molecule has 51 heteroatoms. The monoisotopic (exact) mass is 2000 g/mol. The van der Waals surface area contributed by atoms with Gasteiger partial charge in [0.15, 0.2) is 49.3 Å². The van der Waals surface area contributed by atoms with Crippen LogP contribution in [0.3, 0.4) is 0 Å². The average molecular weight is 2000 g/mol. The molecule has 6 aliphatic heterocycles. The van der Waals surface area contributed by atoms with Crippen molar-refractivity contribution in [2.24, 2.45) is 0 Å². The first-order valence-corrected chi connectivity index (χ1v) is 47.1. The molecule has 51 nitrogen and oxygen atoms in total. The summed E-state index contributed by atoms with van der Waals surface area (Å²) < 4.78 is 64.5. The van der Waals surface area contributed by atoms with Gasteiger partial charge in [0.2, 0.25) is 53.2 Å². The van der Waals surface area contributed by atoms with E-state index in [1.807, 2.05) is 6.92 Å². The van der Waals surface area contributed by atoms with E-state index in [1.54, 1.807) is 13.8 Å². The number of unbranched alkanes of at least 4 members (excludes halogenated alkanes) is 3. The maximum absolute atomic E-state index is 13.0. The number of carbonyl (C=O) groups excluding carboxylic acids is 12. The zero-order valence-electron chi connectivity index (χ0n) is 80.0. The molecule has 138 heavy (non-hydrogen) atoms. The Balaban J connectivity index is 0.000000432. The molecule has 0 aromatic heterocycles. The summed E-state index contributed by atoms with van der Waals surface area (Å²) in [6, 6.07) is 0. The predicted octanol–water partition coefficient (Wildman–Crippen LogP) is -10.0. The summed E-state index contributed by atoms with van der Waals surface area (Å²) in [5.41, 5.74) is 0. The summed E-state index contributed by atoms with van der Waals surface area (Å²) in [5.74, 6) is -4.62. The summed E-state index contributed by atoms with van der Waals surface area (Å²) in [4.78, 5) is 153. The molecule has 30 atom stereocenters. The van der Waals surface area contributed by atoms with Gasteiger partial charge in [-0.15, -0.1) is 0 Å². The quantitative estimate of drug-likeness (QED) is 0.0251. The highest BCUT2D eigenvalue weighted by Crippen LogP contribution is 2.29. The number of ether oxygens (including phenoxy) is 12. The van der Waals surface area contributed by atoms with Crippen molar-refractivity contribution in [3.05, 3.63) is 0 Å². The van der Waals surface area contributed by atoms with Crippen molar-refractivity contribution in [3.8, 4) is 0 Å². The zero-order chi connectivity index (χ0) is 103. The van der Waals surface area contributed by atoms with E-state index in [2.05, 4.69) is 31.9 Å². The highest BCUT2D eigenvalue weighted by atomic mass is 16.7. The van der Waals surface area contributed by atoms with Crippen LogP contribution in [-0.4, -0.2) is 480 Å². The minimum absolute atomic E-state index is 0.00473. The molecule has 0 spiro atoms. The van der Waals surface area contributed by atoms with Crippen molar-refractivity contribution >= 4 is 70.5 Å². The van der Waals surface area contributed by atoms with Gasteiger partial charge in [-0.2, -0.15) is 0 Å². The lowest BCUT2D eigenvalue weighted by Crippen LogP contribution is -2.57. The van der Waals surface area contributed by atoms with Gasteiger partial charge in [-0.3, -0.25) is 57.5 Å². The van der Waals surface area contributed by atoms with Crippen LogP contribution in [0.5, 0.6) is 0 Å². The summed E-state index contributed by atoms with van der Waals surface area (Å²) in [6.07, 6.45) is -32.5. The first-order valence-electron chi connectivity index (χ1n) is 47.1. The number of hydrogen-bond acceptors (Lipinski definition) is 42. The fourth-order valence-corrected chi connectivity index (χ4v) is 14.7. The van der Waals surface area contributed by atoms with Gasteiger partial charge in [0, 0.05) is 97.1 Å². The first-order chi connectivity index (χ1) is 65.3. The molecule has 798 valence electrons. The Kier molecular flexibility index (Phi) is 58.4. The fourth-order valence-electron chi connectivity index (χ4n) is 14.7. The molecule has 0 aromatic carbocycles.